The summed E-state index contributed by atoms with van der Waals surface area (Å²) in [6, 6.07) is 0. The molecule has 0 aromatic heterocycles. The van der Waals surface area contributed by atoms with Crippen LogP contribution in [0.1, 0.15) is 6.92 Å². The second-order valence-electron chi connectivity index (χ2n) is 1.49. The third-order valence-electron chi connectivity index (χ3n) is 0.894. The Morgan fingerprint density at radius 3 is 3.38 bits per heavy atom. The van der Waals surface area contributed by atoms with Gasteiger partial charge in [0.2, 0.25) is 6.29 Å². The predicted molar refractivity (Wildman–Crippen MR) is 29.9 cm³/mol. The molecule has 0 bridgehead atoms. The van der Waals surface area contributed by atoms with Crippen molar-refractivity contribution in [2.75, 3.05) is 13.2 Å². The highest BCUT2D eigenvalue weighted by Gasteiger charge is 2.09. The Morgan fingerprint density at radius 2 is 2.88 bits per heavy atom. The lowest BCUT2D eigenvalue weighted by Gasteiger charge is -2.06. The first kappa shape index (κ1) is 5.56. The molecule has 0 aromatic carbocycles. The summed E-state index contributed by atoms with van der Waals surface area (Å²) < 4.78 is 9.93. The highest BCUT2D eigenvalue weighted by Crippen LogP contribution is 1.98. The SMILES string of the molecule is CCOC1CN=CO1. The normalized spacial score (nSPS) is 25.9. The largest absolute Gasteiger partial charge is 0.453 e. The van der Waals surface area contributed by atoms with Crippen molar-refractivity contribution in [2.45, 2.75) is 13.2 Å². The molecule has 0 aromatic rings. The molecule has 1 rings (SSSR count). The van der Waals surface area contributed by atoms with Crippen LogP contribution in [0.5, 0.6) is 0 Å². The smallest absolute Gasteiger partial charge is 0.220 e. The summed E-state index contributed by atoms with van der Waals surface area (Å²) in [5, 5.41) is 0. The van der Waals surface area contributed by atoms with E-state index in [0.29, 0.717) is 13.2 Å². The van der Waals surface area contributed by atoms with Gasteiger partial charge in [-0.2, -0.15) is 0 Å². The Kier molecular flexibility index (Phi) is 1.86. The summed E-state index contributed by atoms with van der Waals surface area (Å²) in [6.45, 7) is 3.27. The number of nitrogens with zero attached hydrogens (tertiary/aromatic N) is 1. The molecule has 1 heterocycles. The highest BCUT2D eigenvalue weighted by atomic mass is 16.7. The first-order valence-corrected chi connectivity index (χ1v) is 2.69. The molecule has 0 N–H and O–H groups in total. The zero-order valence-corrected chi connectivity index (χ0v) is 4.83. The maximum Gasteiger partial charge on any atom is 0.220 e. The van der Waals surface area contributed by atoms with Crippen LogP contribution in [0, 0.1) is 0 Å². The van der Waals surface area contributed by atoms with E-state index < -0.39 is 0 Å². The molecule has 0 aliphatic carbocycles. The van der Waals surface area contributed by atoms with Gasteiger partial charge in [0.25, 0.3) is 0 Å². The van der Waals surface area contributed by atoms with Crippen molar-refractivity contribution >= 4 is 6.40 Å². The zero-order valence-electron chi connectivity index (χ0n) is 4.83. The average Bonchev–Trinajstić information content (AvgIpc) is 2.19. The van der Waals surface area contributed by atoms with Crippen molar-refractivity contribution in [1.29, 1.82) is 0 Å². The van der Waals surface area contributed by atoms with E-state index in [1.165, 1.54) is 6.40 Å². The standard InChI is InChI=1S/C5H9NO2/c1-2-7-5-3-6-4-8-5/h4-5H,2-3H2,1H3. The molecule has 1 unspecified atom stereocenters. The molecule has 0 saturated carbocycles. The molecule has 46 valence electrons. The summed E-state index contributed by atoms with van der Waals surface area (Å²) in [4.78, 5) is 3.81. The van der Waals surface area contributed by atoms with E-state index in [-0.39, 0.29) is 6.29 Å². The number of hydrogen-bond acceptors (Lipinski definition) is 3. The number of ether oxygens (including phenoxy) is 2. The fourth-order valence-electron chi connectivity index (χ4n) is 0.561. The van der Waals surface area contributed by atoms with Crippen LogP contribution in [0.4, 0.5) is 0 Å². The highest BCUT2D eigenvalue weighted by molar-refractivity contribution is 5.48. The molecular weight excluding hydrogens is 106 g/mol. The minimum absolute atomic E-state index is 0.111. The Bertz CT molecular complexity index is 84.4. The van der Waals surface area contributed by atoms with Crippen LogP contribution in [-0.2, 0) is 9.47 Å². The lowest BCUT2D eigenvalue weighted by Crippen LogP contribution is -2.14. The molecule has 3 heteroatoms. The van der Waals surface area contributed by atoms with Crippen LogP contribution in [0.25, 0.3) is 0 Å². The number of aliphatic imine (C=N–C) groups is 1. The van der Waals surface area contributed by atoms with Gasteiger partial charge in [0.05, 0.1) is 0 Å². The quantitative estimate of drug-likeness (QED) is 0.521. The minimum atomic E-state index is -0.111. The van der Waals surface area contributed by atoms with Gasteiger partial charge >= 0.3 is 0 Å². The second kappa shape index (κ2) is 2.67. The fourth-order valence-corrected chi connectivity index (χ4v) is 0.561. The van der Waals surface area contributed by atoms with E-state index in [1.807, 2.05) is 6.92 Å². The van der Waals surface area contributed by atoms with E-state index in [9.17, 15) is 0 Å². The van der Waals surface area contributed by atoms with Gasteiger partial charge in [0.15, 0.2) is 6.40 Å². The molecule has 3 nitrogen and oxygen atoms in total. The summed E-state index contributed by atoms with van der Waals surface area (Å²) in [5.74, 6) is 0. The van der Waals surface area contributed by atoms with Crippen molar-refractivity contribution < 1.29 is 9.47 Å². The van der Waals surface area contributed by atoms with E-state index in [1.54, 1.807) is 0 Å². The molecule has 1 atom stereocenters. The van der Waals surface area contributed by atoms with Gasteiger partial charge in [-0.05, 0) is 6.92 Å². The van der Waals surface area contributed by atoms with Crippen molar-refractivity contribution in [3.63, 3.8) is 0 Å². The zero-order chi connectivity index (χ0) is 5.82. The summed E-state index contributed by atoms with van der Waals surface area (Å²) in [5.41, 5.74) is 0. The van der Waals surface area contributed by atoms with Crippen LogP contribution < -0.4 is 0 Å². The van der Waals surface area contributed by atoms with Gasteiger partial charge in [0.1, 0.15) is 6.54 Å². The van der Waals surface area contributed by atoms with Crippen LogP contribution in [-0.4, -0.2) is 25.8 Å². The molecule has 0 spiro atoms. The monoisotopic (exact) mass is 115 g/mol. The van der Waals surface area contributed by atoms with E-state index >= 15 is 0 Å². The van der Waals surface area contributed by atoms with E-state index in [0.717, 1.165) is 0 Å². The lowest BCUT2D eigenvalue weighted by atomic mass is 10.6. The van der Waals surface area contributed by atoms with Crippen molar-refractivity contribution in [3.05, 3.63) is 0 Å². The lowest BCUT2D eigenvalue weighted by molar-refractivity contribution is -0.0605. The summed E-state index contributed by atoms with van der Waals surface area (Å²) in [7, 11) is 0. The minimum Gasteiger partial charge on any atom is -0.453 e. The van der Waals surface area contributed by atoms with Crippen molar-refractivity contribution in [2.24, 2.45) is 4.99 Å². The van der Waals surface area contributed by atoms with Gasteiger partial charge in [0, 0.05) is 6.61 Å². The second-order valence-corrected chi connectivity index (χ2v) is 1.49. The van der Waals surface area contributed by atoms with Crippen LogP contribution in [0.15, 0.2) is 4.99 Å². The van der Waals surface area contributed by atoms with Crippen LogP contribution >= 0.6 is 0 Å². The molecule has 8 heavy (non-hydrogen) atoms. The van der Waals surface area contributed by atoms with Gasteiger partial charge in [-0.3, -0.25) is 4.99 Å². The molecular formula is C5H9NO2. The number of hydrogen-bond donors (Lipinski definition) is 0. The van der Waals surface area contributed by atoms with Gasteiger partial charge < -0.3 is 9.47 Å². The Balaban J connectivity index is 2.10. The third-order valence-corrected chi connectivity index (χ3v) is 0.894. The van der Waals surface area contributed by atoms with Gasteiger partial charge in [-0.25, -0.2) is 0 Å². The van der Waals surface area contributed by atoms with Crippen LogP contribution in [0.3, 0.4) is 0 Å². The first-order valence-electron chi connectivity index (χ1n) is 2.69. The maximum atomic E-state index is 5.06. The molecule has 0 saturated heterocycles. The topological polar surface area (TPSA) is 30.8 Å². The average molecular weight is 115 g/mol. The fraction of sp³-hybridized carbons (Fsp3) is 0.800. The number of rotatable bonds is 2. The van der Waals surface area contributed by atoms with Crippen molar-refractivity contribution in [1.82, 2.24) is 0 Å². The van der Waals surface area contributed by atoms with Crippen LogP contribution in [0.2, 0.25) is 0 Å². The Labute approximate surface area is 48.3 Å². The van der Waals surface area contributed by atoms with Crippen molar-refractivity contribution in [3.8, 4) is 0 Å². The van der Waals surface area contributed by atoms with E-state index in [2.05, 4.69) is 4.99 Å². The Hall–Kier alpha value is -0.570. The first-order chi connectivity index (χ1) is 3.93. The molecule has 1 aliphatic heterocycles. The molecule has 0 fully saturated rings. The Morgan fingerprint density at radius 1 is 2.00 bits per heavy atom. The molecule has 0 amide bonds. The molecule has 0 radical (unpaired) electrons. The summed E-state index contributed by atoms with van der Waals surface area (Å²) >= 11 is 0. The van der Waals surface area contributed by atoms with Gasteiger partial charge in [-0.1, -0.05) is 0 Å². The van der Waals surface area contributed by atoms with E-state index in [4.69, 9.17) is 9.47 Å². The van der Waals surface area contributed by atoms with Gasteiger partial charge in [-0.15, -0.1) is 0 Å². The summed E-state index contributed by atoms with van der Waals surface area (Å²) in [6.07, 6.45) is 1.32. The molecule has 1 aliphatic rings. The maximum absolute atomic E-state index is 5.06. The third kappa shape index (κ3) is 1.20. The predicted octanol–water partition coefficient (Wildman–Crippen LogP) is 0.407.